The van der Waals surface area contributed by atoms with Gasteiger partial charge in [-0.1, -0.05) is 18.2 Å². The third-order valence-electron chi connectivity index (χ3n) is 3.32. The number of fused-ring (bicyclic) bond motifs is 1. The minimum absolute atomic E-state index is 0.0594. The van der Waals surface area contributed by atoms with Gasteiger partial charge in [-0.15, -0.1) is 11.3 Å². The van der Waals surface area contributed by atoms with Crippen LogP contribution in [0, 0.1) is 0 Å². The zero-order valence-electron chi connectivity index (χ0n) is 10.9. The Balaban J connectivity index is 2.01. The van der Waals surface area contributed by atoms with E-state index in [1.165, 1.54) is 11.3 Å². The number of nitrogens with zero attached hydrogens (tertiary/aromatic N) is 1. The molecule has 6 heteroatoms. The van der Waals surface area contributed by atoms with Crippen LogP contribution in [0.4, 0.5) is 0 Å². The van der Waals surface area contributed by atoms with Crippen molar-refractivity contribution in [3.05, 3.63) is 40.8 Å². The molecule has 3 rings (SSSR count). The van der Waals surface area contributed by atoms with Crippen LogP contribution in [0.25, 0.3) is 22.2 Å². The van der Waals surface area contributed by atoms with Crippen molar-refractivity contribution in [3.63, 3.8) is 0 Å². The van der Waals surface area contributed by atoms with E-state index in [1.54, 1.807) is 0 Å². The Morgan fingerprint density at radius 2 is 2.24 bits per heavy atom. The van der Waals surface area contributed by atoms with Gasteiger partial charge >= 0.3 is 5.97 Å². The van der Waals surface area contributed by atoms with Crippen molar-refractivity contribution in [2.75, 3.05) is 0 Å². The van der Waals surface area contributed by atoms with Gasteiger partial charge in [-0.2, -0.15) is 0 Å². The van der Waals surface area contributed by atoms with Gasteiger partial charge in [0.15, 0.2) is 0 Å². The van der Waals surface area contributed by atoms with Gasteiger partial charge < -0.3 is 14.9 Å². The Hall–Kier alpha value is -2.47. The lowest BCUT2D eigenvalue weighted by molar-refractivity contribution is -0.139. The van der Waals surface area contributed by atoms with Crippen LogP contribution < -0.4 is 0 Å². The molecule has 2 N–H and O–H groups in total. The molecule has 2 aromatic heterocycles. The highest BCUT2D eigenvalue weighted by atomic mass is 32.1. The van der Waals surface area contributed by atoms with E-state index in [2.05, 4.69) is 9.97 Å². The zero-order chi connectivity index (χ0) is 14.8. The lowest BCUT2D eigenvalue weighted by Gasteiger charge is -2.03. The summed E-state index contributed by atoms with van der Waals surface area (Å²) in [5.74, 6) is -1.90. The monoisotopic (exact) mass is 300 g/mol. The molecule has 1 aromatic carbocycles. The minimum atomic E-state index is -1.03. The molecule has 0 saturated carbocycles. The number of rotatable bonds is 5. The predicted octanol–water partition coefficient (Wildman–Crippen LogP) is 3.05. The number of thiazole rings is 1. The molecule has 106 valence electrons. The summed E-state index contributed by atoms with van der Waals surface area (Å²) in [6.07, 6.45) is 2.42. The van der Waals surface area contributed by atoms with Gasteiger partial charge in [0.2, 0.25) is 0 Å². The first-order valence-electron chi connectivity index (χ1n) is 6.39. The lowest BCUT2D eigenvalue weighted by Crippen LogP contribution is -2.11. The van der Waals surface area contributed by atoms with Crippen molar-refractivity contribution < 1.29 is 14.7 Å². The summed E-state index contributed by atoms with van der Waals surface area (Å²) in [6.45, 7) is 0. The summed E-state index contributed by atoms with van der Waals surface area (Å²) in [4.78, 5) is 29.4. The Morgan fingerprint density at radius 3 is 3.00 bits per heavy atom. The van der Waals surface area contributed by atoms with Crippen molar-refractivity contribution >= 4 is 34.5 Å². The average Bonchev–Trinajstić information content (AvgIpc) is 3.10. The largest absolute Gasteiger partial charge is 0.481 e. The number of H-pyrrole nitrogens is 1. The molecule has 0 aliphatic rings. The zero-order valence-corrected chi connectivity index (χ0v) is 11.8. The molecule has 0 aliphatic carbocycles. The number of nitrogens with one attached hydrogen (secondary N) is 1. The highest BCUT2D eigenvalue weighted by Gasteiger charge is 2.23. The first kappa shape index (κ1) is 13.5. The van der Waals surface area contributed by atoms with Crippen LogP contribution in [-0.2, 0) is 9.59 Å². The third-order valence-corrected chi connectivity index (χ3v) is 4.27. The van der Waals surface area contributed by atoms with Crippen LogP contribution >= 0.6 is 11.3 Å². The van der Waals surface area contributed by atoms with Crippen LogP contribution in [0.3, 0.4) is 0 Å². The number of aromatic nitrogens is 2. The van der Waals surface area contributed by atoms with E-state index in [-0.39, 0.29) is 6.42 Å². The molecule has 0 fully saturated rings. The highest BCUT2D eigenvalue weighted by molar-refractivity contribution is 7.10. The number of aliphatic carboxylic acids is 1. The predicted molar refractivity (Wildman–Crippen MR) is 80.5 cm³/mol. The Bertz CT molecular complexity index is 806. The molecule has 2 heterocycles. The summed E-state index contributed by atoms with van der Waals surface area (Å²) in [7, 11) is 0. The molecule has 3 aromatic rings. The second kappa shape index (κ2) is 5.49. The highest BCUT2D eigenvalue weighted by Crippen LogP contribution is 2.32. The third kappa shape index (κ3) is 2.45. The summed E-state index contributed by atoms with van der Waals surface area (Å²) in [5.41, 5.74) is 2.66. The number of aromatic amines is 1. The molecule has 5 nitrogen and oxygen atoms in total. The number of carbonyl (C=O) groups excluding carboxylic acids is 1. The standard InChI is InChI=1S/C15H12N2O3S/c18-6-5-10(15(19)20)14-17-13(8-21-14)11-7-16-12-4-2-1-3-9(11)12/h1-4,6-8,10,16H,5H2,(H,19,20). The molecule has 0 amide bonds. The van der Waals surface area contributed by atoms with Gasteiger partial charge in [-0.25, -0.2) is 4.98 Å². The smallest absolute Gasteiger partial charge is 0.313 e. The summed E-state index contributed by atoms with van der Waals surface area (Å²) >= 11 is 1.27. The molecular formula is C15H12N2O3S. The molecule has 1 unspecified atom stereocenters. The maximum Gasteiger partial charge on any atom is 0.313 e. The molecular weight excluding hydrogens is 288 g/mol. The first-order chi connectivity index (χ1) is 10.2. The van der Waals surface area contributed by atoms with Crippen molar-refractivity contribution in [2.24, 2.45) is 0 Å². The van der Waals surface area contributed by atoms with Crippen LogP contribution in [-0.4, -0.2) is 27.3 Å². The number of carboxylic acid groups (broad SMARTS) is 1. The number of carbonyl (C=O) groups is 2. The van der Waals surface area contributed by atoms with Gasteiger partial charge in [0, 0.05) is 34.5 Å². The van der Waals surface area contributed by atoms with Crippen molar-refractivity contribution in [2.45, 2.75) is 12.3 Å². The molecule has 0 radical (unpaired) electrons. The van der Waals surface area contributed by atoms with E-state index in [0.717, 1.165) is 22.2 Å². The van der Waals surface area contributed by atoms with Gasteiger partial charge in [-0.05, 0) is 6.07 Å². The Morgan fingerprint density at radius 1 is 1.43 bits per heavy atom. The number of hydrogen-bond acceptors (Lipinski definition) is 4. The summed E-state index contributed by atoms with van der Waals surface area (Å²) < 4.78 is 0. The van der Waals surface area contributed by atoms with Gasteiger partial charge in [0.1, 0.15) is 17.2 Å². The maximum atomic E-state index is 11.2. The fourth-order valence-electron chi connectivity index (χ4n) is 2.26. The Labute approximate surface area is 124 Å². The van der Waals surface area contributed by atoms with Crippen molar-refractivity contribution in [3.8, 4) is 11.3 Å². The topological polar surface area (TPSA) is 83.1 Å². The molecule has 21 heavy (non-hydrogen) atoms. The average molecular weight is 300 g/mol. The van der Waals surface area contributed by atoms with Crippen LogP contribution in [0.5, 0.6) is 0 Å². The number of carboxylic acids is 1. The first-order valence-corrected chi connectivity index (χ1v) is 7.27. The van der Waals surface area contributed by atoms with E-state index in [1.807, 2.05) is 35.8 Å². The lowest BCUT2D eigenvalue weighted by atomic mass is 10.1. The van der Waals surface area contributed by atoms with E-state index in [0.29, 0.717) is 11.3 Å². The SMILES string of the molecule is O=CCC(C(=O)O)c1nc(-c2c[nH]c3ccccc23)cs1. The van der Waals surface area contributed by atoms with Crippen molar-refractivity contribution in [1.29, 1.82) is 0 Å². The number of hydrogen-bond donors (Lipinski definition) is 2. The van der Waals surface area contributed by atoms with E-state index in [4.69, 9.17) is 0 Å². The maximum absolute atomic E-state index is 11.2. The number of aldehydes is 1. The summed E-state index contributed by atoms with van der Waals surface area (Å²) in [6, 6.07) is 7.85. The van der Waals surface area contributed by atoms with Crippen LogP contribution in [0.15, 0.2) is 35.8 Å². The quantitative estimate of drug-likeness (QED) is 0.709. The van der Waals surface area contributed by atoms with Gasteiger partial charge in [-0.3, -0.25) is 4.79 Å². The van der Waals surface area contributed by atoms with E-state index >= 15 is 0 Å². The van der Waals surface area contributed by atoms with Crippen LogP contribution in [0.1, 0.15) is 17.3 Å². The van der Waals surface area contributed by atoms with Crippen LogP contribution in [0.2, 0.25) is 0 Å². The number of benzene rings is 1. The van der Waals surface area contributed by atoms with E-state index in [9.17, 15) is 14.7 Å². The van der Waals surface area contributed by atoms with E-state index < -0.39 is 11.9 Å². The molecule has 0 saturated heterocycles. The second-order valence-corrected chi connectivity index (χ2v) is 5.50. The molecule has 0 bridgehead atoms. The molecule has 0 aliphatic heterocycles. The fourth-order valence-corrected chi connectivity index (χ4v) is 3.18. The number of para-hydroxylation sites is 1. The Kier molecular flexibility index (Phi) is 3.53. The molecule has 1 atom stereocenters. The van der Waals surface area contributed by atoms with Gasteiger partial charge in [0.25, 0.3) is 0 Å². The molecule has 0 spiro atoms. The fraction of sp³-hybridized carbons (Fsp3) is 0.133. The minimum Gasteiger partial charge on any atom is -0.481 e. The van der Waals surface area contributed by atoms with Crippen molar-refractivity contribution in [1.82, 2.24) is 9.97 Å². The summed E-state index contributed by atoms with van der Waals surface area (Å²) in [5, 5.41) is 12.5. The van der Waals surface area contributed by atoms with Gasteiger partial charge in [0.05, 0.1) is 5.69 Å². The normalized spacial score (nSPS) is 12.4. The second-order valence-electron chi connectivity index (χ2n) is 4.61.